The monoisotopic (exact) mass is 470 g/mol. The summed E-state index contributed by atoms with van der Waals surface area (Å²) in [5.74, 6) is 0.996. The topological polar surface area (TPSA) is 103 Å². The fraction of sp³-hybridized carbons (Fsp3) is 0.208. The molecule has 0 radical (unpaired) electrons. The summed E-state index contributed by atoms with van der Waals surface area (Å²) in [5.41, 5.74) is 2.87. The Morgan fingerprint density at radius 1 is 0.848 bits per heavy atom. The molecule has 0 unspecified atom stereocenters. The number of sulfonamides is 1. The van der Waals surface area contributed by atoms with Crippen LogP contribution in [0.25, 0.3) is 0 Å². The van der Waals surface area contributed by atoms with Crippen LogP contribution < -0.4 is 24.2 Å². The van der Waals surface area contributed by atoms with Gasteiger partial charge < -0.3 is 19.5 Å². The molecule has 33 heavy (non-hydrogen) atoms. The lowest BCUT2D eigenvalue weighted by Gasteiger charge is -2.13. The summed E-state index contributed by atoms with van der Waals surface area (Å²) in [5, 5.41) is 2.70. The van der Waals surface area contributed by atoms with Crippen molar-refractivity contribution in [2.24, 2.45) is 0 Å². The summed E-state index contributed by atoms with van der Waals surface area (Å²) in [4.78, 5) is 12.4. The van der Waals surface area contributed by atoms with Crippen LogP contribution in [0.1, 0.15) is 11.1 Å². The summed E-state index contributed by atoms with van der Waals surface area (Å²) in [6, 6.07) is 16.4. The summed E-state index contributed by atoms with van der Waals surface area (Å²) in [6.07, 6.45) is 0. The van der Waals surface area contributed by atoms with Crippen molar-refractivity contribution in [1.29, 1.82) is 0 Å². The second-order valence-corrected chi connectivity index (χ2v) is 9.04. The van der Waals surface area contributed by atoms with Crippen molar-refractivity contribution in [3.8, 4) is 17.2 Å². The number of methoxy groups -OCH3 is 2. The van der Waals surface area contributed by atoms with Crippen molar-refractivity contribution in [1.82, 2.24) is 0 Å². The molecule has 8 nitrogen and oxygen atoms in total. The summed E-state index contributed by atoms with van der Waals surface area (Å²) >= 11 is 0. The molecule has 9 heteroatoms. The number of ether oxygens (including phenoxy) is 3. The van der Waals surface area contributed by atoms with E-state index in [0.29, 0.717) is 28.6 Å². The van der Waals surface area contributed by atoms with Gasteiger partial charge in [0.05, 0.1) is 24.8 Å². The molecular formula is C24H26N2O6S. The first-order chi connectivity index (χ1) is 15.7. The molecule has 0 saturated heterocycles. The van der Waals surface area contributed by atoms with Crippen LogP contribution in [0.4, 0.5) is 11.4 Å². The van der Waals surface area contributed by atoms with E-state index < -0.39 is 15.9 Å². The molecule has 1 amide bonds. The fourth-order valence-electron chi connectivity index (χ4n) is 3.21. The van der Waals surface area contributed by atoms with Gasteiger partial charge in [-0.05, 0) is 73.5 Å². The van der Waals surface area contributed by atoms with Gasteiger partial charge in [0.25, 0.3) is 15.9 Å². The fourth-order valence-corrected chi connectivity index (χ4v) is 4.25. The number of carbonyl (C=O) groups is 1. The second kappa shape index (κ2) is 10.3. The smallest absolute Gasteiger partial charge is 0.262 e. The van der Waals surface area contributed by atoms with Gasteiger partial charge in [-0.1, -0.05) is 6.07 Å². The van der Waals surface area contributed by atoms with E-state index >= 15 is 0 Å². The van der Waals surface area contributed by atoms with E-state index in [9.17, 15) is 13.2 Å². The van der Waals surface area contributed by atoms with Gasteiger partial charge in [-0.2, -0.15) is 0 Å². The van der Waals surface area contributed by atoms with Crippen LogP contribution in [0.2, 0.25) is 0 Å². The van der Waals surface area contributed by atoms with Crippen LogP contribution in [-0.2, 0) is 14.8 Å². The highest BCUT2D eigenvalue weighted by Crippen LogP contribution is 2.29. The maximum atomic E-state index is 12.7. The second-order valence-electron chi connectivity index (χ2n) is 7.36. The van der Waals surface area contributed by atoms with E-state index in [1.54, 1.807) is 30.3 Å². The van der Waals surface area contributed by atoms with Crippen LogP contribution in [0.15, 0.2) is 65.6 Å². The first-order valence-electron chi connectivity index (χ1n) is 10.1. The molecule has 3 aromatic carbocycles. The molecule has 0 aliphatic carbocycles. The molecule has 3 rings (SSSR count). The normalized spacial score (nSPS) is 10.9. The van der Waals surface area contributed by atoms with Crippen molar-refractivity contribution < 1.29 is 27.4 Å². The first-order valence-corrected chi connectivity index (χ1v) is 11.5. The number of benzene rings is 3. The molecule has 3 aromatic rings. The van der Waals surface area contributed by atoms with Gasteiger partial charge >= 0.3 is 0 Å². The largest absolute Gasteiger partial charge is 0.497 e. The van der Waals surface area contributed by atoms with Crippen molar-refractivity contribution in [3.63, 3.8) is 0 Å². The van der Waals surface area contributed by atoms with E-state index in [1.165, 1.54) is 38.5 Å². The summed E-state index contributed by atoms with van der Waals surface area (Å²) < 4.78 is 43.8. The van der Waals surface area contributed by atoms with Gasteiger partial charge in [-0.3, -0.25) is 9.52 Å². The summed E-state index contributed by atoms with van der Waals surface area (Å²) in [6.45, 7) is 3.53. The molecule has 0 aliphatic heterocycles. The third kappa shape index (κ3) is 6.39. The highest BCUT2D eigenvalue weighted by molar-refractivity contribution is 7.92. The maximum Gasteiger partial charge on any atom is 0.262 e. The van der Waals surface area contributed by atoms with Gasteiger partial charge in [0.1, 0.15) is 17.2 Å². The van der Waals surface area contributed by atoms with Gasteiger partial charge in [0.2, 0.25) is 0 Å². The predicted octanol–water partition coefficient (Wildman–Crippen LogP) is 4.14. The van der Waals surface area contributed by atoms with Crippen LogP contribution in [0, 0.1) is 13.8 Å². The molecule has 0 spiro atoms. The molecule has 0 bridgehead atoms. The van der Waals surface area contributed by atoms with Gasteiger partial charge in [-0.15, -0.1) is 0 Å². The molecule has 0 saturated carbocycles. The number of nitrogens with one attached hydrogen (secondary N) is 2. The van der Waals surface area contributed by atoms with E-state index in [0.717, 1.165) is 11.1 Å². The Bertz CT molecular complexity index is 1220. The van der Waals surface area contributed by atoms with Crippen LogP contribution >= 0.6 is 0 Å². The Hall–Kier alpha value is -3.72. The number of rotatable bonds is 9. The van der Waals surface area contributed by atoms with Crippen molar-refractivity contribution >= 4 is 27.3 Å². The number of hydrogen-bond acceptors (Lipinski definition) is 6. The Labute approximate surface area is 193 Å². The quantitative estimate of drug-likeness (QED) is 0.487. The molecule has 2 N–H and O–H groups in total. The van der Waals surface area contributed by atoms with Crippen molar-refractivity contribution in [3.05, 3.63) is 71.8 Å². The molecule has 0 fully saturated rings. The van der Waals surface area contributed by atoms with E-state index in [1.807, 2.05) is 19.9 Å². The molecule has 0 aromatic heterocycles. The lowest BCUT2D eigenvalue weighted by molar-refractivity contribution is -0.118. The third-order valence-corrected chi connectivity index (χ3v) is 6.06. The minimum absolute atomic E-state index is 0.0829. The average molecular weight is 471 g/mol. The minimum atomic E-state index is -3.76. The number of hydrogen-bond donors (Lipinski definition) is 2. The predicted molar refractivity (Wildman–Crippen MR) is 127 cm³/mol. The lowest BCUT2D eigenvalue weighted by Crippen LogP contribution is -2.20. The minimum Gasteiger partial charge on any atom is -0.497 e. The number of aryl methyl sites for hydroxylation is 2. The Kier molecular flexibility index (Phi) is 7.44. The zero-order valence-electron chi connectivity index (χ0n) is 18.8. The SMILES string of the molecule is COc1ccc(OC)c(NC(=O)COc2ccc(S(=O)(=O)Nc3cc(C)cc(C)c3)cc2)c1. The van der Waals surface area contributed by atoms with Crippen molar-refractivity contribution in [2.45, 2.75) is 18.7 Å². The molecule has 174 valence electrons. The van der Waals surface area contributed by atoms with Gasteiger partial charge in [0, 0.05) is 11.8 Å². The number of amides is 1. The van der Waals surface area contributed by atoms with Crippen molar-refractivity contribution in [2.75, 3.05) is 30.9 Å². The van der Waals surface area contributed by atoms with Crippen LogP contribution in [0.5, 0.6) is 17.2 Å². The Balaban J connectivity index is 1.62. The Morgan fingerprint density at radius 2 is 1.48 bits per heavy atom. The summed E-state index contributed by atoms with van der Waals surface area (Å²) in [7, 11) is -0.736. The molecular weight excluding hydrogens is 444 g/mol. The standard InChI is InChI=1S/C24H26N2O6S/c1-16-11-17(2)13-18(12-16)26-33(28,29)21-8-5-19(6-9-21)32-15-24(27)25-22-14-20(30-3)7-10-23(22)31-4/h5-14,26H,15H2,1-4H3,(H,25,27). The van der Waals surface area contributed by atoms with Gasteiger partial charge in [-0.25, -0.2) is 8.42 Å². The highest BCUT2D eigenvalue weighted by Gasteiger charge is 2.15. The number of anilines is 2. The molecule has 0 atom stereocenters. The molecule has 0 heterocycles. The highest BCUT2D eigenvalue weighted by atomic mass is 32.2. The number of carbonyl (C=O) groups excluding carboxylic acids is 1. The Morgan fingerprint density at radius 3 is 2.09 bits per heavy atom. The first kappa shape index (κ1) is 23.9. The van der Waals surface area contributed by atoms with E-state index in [-0.39, 0.29) is 11.5 Å². The lowest BCUT2D eigenvalue weighted by atomic mass is 10.1. The van der Waals surface area contributed by atoms with Crippen LogP contribution in [-0.4, -0.2) is 35.2 Å². The zero-order chi connectivity index (χ0) is 24.0. The van der Waals surface area contributed by atoms with E-state index in [2.05, 4.69) is 10.0 Å². The average Bonchev–Trinajstić information content (AvgIpc) is 2.77. The zero-order valence-corrected chi connectivity index (χ0v) is 19.7. The van der Waals surface area contributed by atoms with Gasteiger partial charge in [0.15, 0.2) is 6.61 Å². The third-order valence-electron chi connectivity index (χ3n) is 4.66. The maximum absolute atomic E-state index is 12.7. The van der Waals surface area contributed by atoms with Crippen LogP contribution in [0.3, 0.4) is 0 Å². The molecule has 0 aliphatic rings. The van der Waals surface area contributed by atoms with E-state index in [4.69, 9.17) is 14.2 Å².